The third-order valence-electron chi connectivity index (χ3n) is 0.158. The summed E-state index contributed by atoms with van der Waals surface area (Å²) >= 11 is 11.4. The van der Waals surface area contributed by atoms with Crippen LogP contribution in [0, 0.1) is 6.92 Å². The second kappa shape index (κ2) is 16.4. The van der Waals surface area contributed by atoms with Crippen molar-refractivity contribution in [2.45, 2.75) is 6.42 Å². The van der Waals surface area contributed by atoms with Gasteiger partial charge in [-0.3, -0.25) is 0 Å². The molecule has 1 N–H and O–H groups in total. The average Bonchev–Trinajstić information content (AvgIpc) is 1.65. The molecule has 0 unspecified atom stereocenters. The van der Waals surface area contributed by atoms with Gasteiger partial charge < -0.3 is 12.0 Å². The predicted octanol–water partition coefficient (Wildman–Crippen LogP) is -1.66. The summed E-state index contributed by atoms with van der Waals surface area (Å²) in [7, 11) is 0. The maximum Gasteiger partial charge on any atom is 1.00 e. The van der Waals surface area contributed by atoms with E-state index in [1.807, 2.05) is 0 Å². The molecule has 0 aliphatic carbocycles. The molecule has 1 nitrogen and oxygen atoms in total. The van der Waals surface area contributed by atoms with Crippen LogP contribution in [0.25, 0.3) is 0 Å². The molecular formula is C4H9NaOS3. The second-order valence-electron chi connectivity index (χ2n) is 0.860. The van der Waals surface area contributed by atoms with Crippen molar-refractivity contribution in [2.24, 2.45) is 0 Å². The smallest absolute Gasteiger partial charge is 0.399 e. The first kappa shape index (κ1) is 17.0. The van der Waals surface area contributed by atoms with Gasteiger partial charge in [-0.05, 0) is 0 Å². The van der Waals surface area contributed by atoms with E-state index in [0.717, 1.165) is 0 Å². The molecular weight excluding hydrogens is 183 g/mol. The fraction of sp³-hybridized carbons (Fsp3) is 0.500. The van der Waals surface area contributed by atoms with Gasteiger partial charge in [0.15, 0.2) is 0 Å². The van der Waals surface area contributed by atoms with Gasteiger partial charge in [-0.25, -0.2) is 0 Å². The van der Waals surface area contributed by atoms with Crippen LogP contribution < -0.4 is 29.6 Å². The van der Waals surface area contributed by atoms with E-state index in [1.54, 1.807) is 0 Å². The Labute approximate surface area is 94.7 Å². The van der Waals surface area contributed by atoms with E-state index in [2.05, 4.69) is 44.4 Å². The van der Waals surface area contributed by atoms with Crippen molar-refractivity contribution in [2.75, 3.05) is 6.61 Å². The van der Waals surface area contributed by atoms with Crippen molar-refractivity contribution in [3.05, 3.63) is 6.92 Å². The van der Waals surface area contributed by atoms with Gasteiger partial charge in [-0.1, -0.05) is 12.2 Å². The minimum atomic E-state index is 0. The van der Waals surface area contributed by atoms with E-state index < -0.39 is 0 Å². The predicted molar refractivity (Wildman–Crippen MR) is 47.6 cm³/mol. The van der Waals surface area contributed by atoms with Crippen molar-refractivity contribution in [3.63, 3.8) is 0 Å². The zero-order valence-electron chi connectivity index (χ0n) is 5.37. The van der Waals surface area contributed by atoms with E-state index in [-0.39, 0.29) is 36.2 Å². The van der Waals surface area contributed by atoms with Gasteiger partial charge in [0, 0.05) is 6.61 Å². The van der Waals surface area contributed by atoms with E-state index >= 15 is 0 Å². The van der Waals surface area contributed by atoms with Gasteiger partial charge in [0.2, 0.25) is 0 Å². The number of thiocarbonyl (C=S) groups is 1. The molecule has 0 aromatic carbocycles. The van der Waals surface area contributed by atoms with Crippen LogP contribution in [0.4, 0.5) is 0 Å². The third-order valence-corrected chi connectivity index (χ3v) is 0.158. The topological polar surface area (TPSA) is 20.2 Å². The van der Waals surface area contributed by atoms with Gasteiger partial charge in [0.05, 0.1) is 3.53 Å². The van der Waals surface area contributed by atoms with Gasteiger partial charge in [0.1, 0.15) is 0 Å². The summed E-state index contributed by atoms with van der Waals surface area (Å²) in [5.74, 6) is 0. The van der Waals surface area contributed by atoms with Crippen molar-refractivity contribution in [1.29, 1.82) is 0 Å². The summed E-state index contributed by atoms with van der Waals surface area (Å²) in [5.41, 5.74) is 0. The van der Waals surface area contributed by atoms with E-state index in [1.165, 1.54) is 0 Å². The molecule has 0 saturated carbocycles. The van der Waals surface area contributed by atoms with Crippen LogP contribution in [-0.2, 0) is 0 Å². The molecule has 0 bridgehead atoms. The molecule has 0 radical (unpaired) electrons. The van der Waals surface area contributed by atoms with Gasteiger partial charge in [-0.15, -0.1) is 25.3 Å². The Kier molecular flexibility index (Phi) is 31.0. The fourth-order valence-corrected chi connectivity index (χ4v) is 0. The minimum absolute atomic E-state index is 0. The number of aliphatic hydroxyl groups is 1. The molecule has 50 valence electrons. The van der Waals surface area contributed by atoms with Gasteiger partial charge in [0.25, 0.3) is 0 Å². The fourth-order valence-electron chi connectivity index (χ4n) is 0. The SMILES string of the molecule is S=C(S)S.[CH2-]CCO.[Na+]. The van der Waals surface area contributed by atoms with Crippen LogP contribution in [0.1, 0.15) is 6.42 Å². The standard InChI is InChI=1S/C3H7O.CH2S3.Na/c1-2-3-4;2-1(3)4;/h4H,1-3H2;(H2,2,3,4);/q-1;;+1. The summed E-state index contributed by atoms with van der Waals surface area (Å²) in [4.78, 5) is 0. The molecule has 0 aliphatic rings. The van der Waals surface area contributed by atoms with E-state index in [0.29, 0.717) is 9.95 Å². The van der Waals surface area contributed by atoms with Crippen molar-refractivity contribution in [1.82, 2.24) is 0 Å². The van der Waals surface area contributed by atoms with E-state index in [9.17, 15) is 0 Å². The van der Waals surface area contributed by atoms with Crippen molar-refractivity contribution < 1.29 is 34.7 Å². The largest absolute Gasteiger partial charge is 1.00 e. The number of hydrogen-bond acceptors (Lipinski definition) is 2. The summed E-state index contributed by atoms with van der Waals surface area (Å²) in [5, 5.41) is 7.81. The molecule has 9 heavy (non-hydrogen) atoms. The molecule has 0 spiro atoms. The van der Waals surface area contributed by atoms with Crippen LogP contribution in [-0.4, -0.2) is 15.2 Å². The number of aliphatic hydroxyl groups excluding tert-OH is 1. The molecule has 0 heterocycles. The first-order valence-corrected chi connectivity index (χ1v) is 3.27. The minimum Gasteiger partial charge on any atom is -0.399 e. The summed E-state index contributed by atoms with van der Waals surface area (Å²) in [6.07, 6.45) is 0.625. The third kappa shape index (κ3) is 77.4. The van der Waals surface area contributed by atoms with Crippen LogP contribution in [0.15, 0.2) is 0 Å². The van der Waals surface area contributed by atoms with Gasteiger partial charge in [-0.2, -0.15) is 6.42 Å². The van der Waals surface area contributed by atoms with Crippen LogP contribution in [0.2, 0.25) is 0 Å². The molecule has 0 aliphatic heterocycles. The summed E-state index contributed by atoms with van der Waals surface area (Å²) in [6, 6.07) is 0. The Bertz CT molecular complexity index is 53.8. The first-order valence-electron chi connectivity index (χ1n) is 1.97. The Balaban J connectivity index is -0.0000000720. The zero-order chi connectivity index (χ0) is 6.99. The van der Waals surface area contributed by atoms with Crippen LogP contribution in [0.5, 0.6) is 0 Å². The molecule has 0 amide bonds. The van der Waals surface area contributed by atoms with Crippen molar-refractivity contribution in [3.8, 4) is 0 Å². The molecule has 0 rings (SSSR count). The van der Waals surface area contributed by atoms with Crippen LogP contribution >= 0.6 is 37.5 Å². The Hall–Kier alpha value is 1.75. The van der Waals surface area contributed by atoms with E-state index in [4.69, 9.17) is 5.11 Å². The Morgan fingerprint density at radius 1 is 1.56 bits per heavy atom. The normalized spacial score (nSPS) is 6.22. The average molecular weight is 192 g/mol. The molecule has 0 aromatic rings. The second-order valence-corrected chi connectivity index (χ2v) is 3.12. The number of hydrogen-bond donors (Lipinski definition) is 3. The zero-order valence-corrected chi connectivity index (χ0v) is 9.98. The van der Waals surface area contributed by atoms with Crippen LogP contribution in [0.3, 0.4) is 0 Å². The number of thiol groups is 2. The quantitative estimate of drug-likeness (QED) is 0.200. The summed E-state index contributed by atoms with van der Waals surface area (Å²) < 4.78 is 0.389. The summed E-state index contributed by atoms with van der Waals surface area (Å²) in [6.45, 7) is 3.56. The Morgan fingerprint density at radius 3 is 1.67 bits per heavy atom. The number of rotatable bonds is 1. The molecule has 0 atom stereocenters. The molecule has 0 fully saturated rings. The van der Waals surface area contributed by atoms with Gasteiger partial charge >= 0.3 is 29.6 Å². The van der Waals surface area contributed by atoms with Crippen molar-refractivity contribution >= 4 is 41.0 Å². The Morgan fingerprint density at radius 2 is 1.67 bits per heavy atom. The molecule has 0 aromatic heterocycles. The maximum absolute atomic E-state index is 7.81. The maximum atomic E-state index is 7.81. The first-order chi connectivity index (χ1) is 3.65. The molecule has 0 saturated heterocycles. The molecule has 5 heteroatoms. The monoisotopic (exact) mass is 192 g/mol.